The first-order valence-corrected chi connectivity index (χ1v) is 5.55. The third-order valence-corrected chi connectivity index (χ3v) is 2.73. The maximum Gasteiger partial charge on any atom is 0.573 e. The lowest BCUT2D eigenvalue weighted by molar-refractivity contribution is -0.274. The van der Waals surface area contributed by atoms with Crippen LogP contribution in [0.5, 0.6) is 5.75 Å². The fraction of sp³-hybridized carbons (Fsp3) is 0.250. The van der Waals surface area contributed by atoms with E-state index in [2.05, 4.69) is 15.0 Å². The van der Waals surface area contributed by atoms with E-state index in [0.29, 0.717) is 5.57 Å². The van der Waals surface area contributed by atoms with Crippen LogP contribution in [-0.4, -0.2) is 12.3 Å². The van der Waals surface area contributed by atoms with Gasteiger partial charge in [0.15, 0.2) is 5.70 Å². The fourth-order valence-corrected chi connectivity index (χ4v) is 1.87. The van der Waals surface area contributed by atoms with Crippen molar-refractivity contribution in [1.82, 2.24) is 0 Å². The Morgan fingerprint density at radius 1 is 1.35 bits per heavy atom. The predicted octanol–water partition coefficient (Wildman–Crippen LogP) is 2.85. The minimum atomic E-state index is -4.81. The Morgan fingerprint density at radius 2 is 2.00 bits per heavy atom. The molecule has 0 aliphatic carbocycles. The molecule has 0 aromatic heterocycles. The summed E-state index contributed by atoms with van der Waals surface area (Å²) in [4.78, 5) is 11.1. The molecule has 1 aromatic rings. The van der Waals surface area contributed by atoms with Crippen LogP contribution in [0.15, 0.2) is 45.8 Å². The van der Waals surface area contributed by atoms with Crippen molar-refractivity contribution in [3.8, 4) is 5.75 Å². The second kappa shape index (κ2) is 4.95. The summed E-state index contributed by atoms with van der Waals surface area (Å²) in [6, 6.07) is 4.75. The molecule has 0 bridgehead atoms. The average Bonchev–Trinajstić information content (AvgIpc) is 2.70. The number of amides is 1. The van der Waals surface area contributed by atoms with Crippen LogP contribution in [-0.2, 0) is 4.79 Å². The standard InChI is InChI=1S/C12H10F3N3O2/c1-6-9(17-18-10(6)11(16)19)7-4-2-3-5-8(7)20-12(13,14)15/h2-5,9H,1H3,(H2,16,19). The normalized spacial score (nSPS) is 18.5. The summed E-state index contributed by atoms with van der Waals surface area (Å²) in [6.07, 6.45) is -4.81. The molecule has 0 fully saturated rings. The van der Waals surface area contributed by atoms with E-state index in [1.54, 1.807) is 6.07 Å². The second-order valence-electron chi connectivity index (χ2n) is 4.10. The number of carbonyl (C=O) groups excluding carboxylic acids is 1. The van der Waals surface area contributed by atoms with Crippen LogP contribution in [0.1, 0.15) is 18.5 Å². The Kier molecular flexibility index (Phi) is 3.47. The van der Waals surface area contributed by atoms with Crippen LogP contribution in [0.3, 0.4) is 0 Å². The third-order valence-electron chi connectivity index (χ3n) is 2.73. The van der Waals surface area contributed by atoms with Gasteiger partial charge in [-0.2, -0.15) is 5.11 Å². The van der Waals surface area contributed by atoms with Gasteiger partial charge in [0.25, 0.3) is 5.91 Å². The molecule has 1 aliphatic rings. The smallest absolute Gasteiger partial charge is 0.405 e. The third kappa shape index (κ3) is 2.79. The highest BCUT2D eigenvalue weighted by molar-refractivity contribution is 5.92. The topological polar surface area (TPSA) is 77.0 Å². The summed E-state index contributed by atoms with van der Waals surface area (Å²) in [5, 5.41) is 7.39. The summed E-state index contributed by atoms with van der Waals surface area (Å²) in [5.74, 6) is -1.16. The lowest BCUT2D eigenvalue weighted by Crippen LogP contribution is -2.18. The van der Waals surface area contributed by atoms with Crippen LogP contribution in [0.2, 0.25) is 0 Å². The van der Waals surface area contributed by atoms with Gasteiger partial charge in [-0.05, 0) is 18.6 Å². The van der Waals surface area contributed by atoms with Crippen LogP contribution in [0, 0.1) is 0 Å². The number of hydrogen-bond acceptors (Lipinski definition) is 4. The number of benzene rings is 1. The first-order chi connectivity index (χ1) is 9.29. The lowest BCUT2D eigenvalue weighted by Gasteiger charge is -2.16. The molecule has 1 unspecified atom stereocenters. The highest BCUT2D eigenvalue weighted by Crippen LogP contribution is 2.39. The number of nitrogens with two attached hydrogens (primary N) is 1. The highest BCUT2D eigenvalue weighted by atomic mass is 19.4. The Morgan fingerprint density at radius 3 is 2.55 bits per heavy atom. The van der Waals surface area contributed by atoms with Gasteiger partial charge < -0.3 is 10.5 Å². The zero-order chi connectivity index (χ0) is 14.9. The van der Waals surface area contributed by atoms with Gasteiger partial charge in [-0.3, -0.25) is 4.79 Å². The molecule has 1 heterocycles. The molecular formula is C12H10F3N3O2. The van der Waals surface area contributed by atoms with E-state index in [0.717, 1.165) is 0 Å². The van der Waals surface area contributed by atoms with Crippen LogP contribution in [0.25, 0.3) is 0 Å². The van der Waals surface area contributed by atoms with Gasteiger partial charge in [0.2, 0.25) is 0 Å². The number of ether oxygens (including phenoxy) is 1. The van der Waals surface area contributed by atoms with Gasteiger partial charge in [-0.15, -0.1) is 18.3 Å². The number of hydrogen-bond donors (Lipinski definition) is 1. The van der Waals surface area contributed by atoms with E-state index in [1.807, 2.05) is 0 Å². The molecule has 1 atom stereocenters. The van der Waals surface area contributed by atoms with E-state index < -0.39 is 18.3 Å². The van der Waals surface area contributed by atoms with Crippen molar-refractivity contribution < 1.29 is 22.7 Å². The number of alkyl halides is 3. The molecule has 0 saturated carbocycles. The first-order valence-electron chi connectivity index (χ1n) is 5.55. The molecule has 1 aromatic carbocycles. The second-order valence-corrected chi connectivity index (χ2v) is 4.10. The summed E-state index contributed by atoms with van der Waals surface area (Å²) in [6.45, 7) is 1.54. The van der Waals surface area contributed by atoms with Gasteiger partial charge in [0.1, 0.15) is 11.8 Å². The molecule has 20 heavy (non-hydrogen) atoms. The fourth-order valence-electron chi connectivity index (χ4n) is 1.87. The predicted molar refractivity (Wildman–Crippen MR) is 62.6 cm³/mol. The van der Waals surface area contributed by atoms with Crippen LogP contribution < -0.4 is 10.5 Å². The Labute approximate surface area is 111 Å². The van der Waals surface area contributed by atoms with Crippen molar-refractivity contribution >= 4 is 5.91 Å². The van der Waals surface area contributed by atoms with Crippen molar-refractivity contribution in [2.24, 2.45) is 16.0 Å². The van der Waals surface area contributed by atoms with Crippen molar-refractivity contribution in [2.45, 2.75) is 19.3 Å². The summed E-state index contributed by atoms with van der Waals surface area (Å²) in [5.41, 5.74) is 5.62. The van der Waals surface area contributed by atoms with Crippen molar-refractivity contribution in [3.63, 3.8) is 0 Å². The van der Waals surface area contributed by atoms with Crippen molar-refractivity contribution in [1.29, 1.82) is 0 Å². The number of nitrogens with zero attached hydrogens (tertiary/aromatic N) is 2. The van der Waals surface area contributed by atoms with Gasteiger partial charge in [0, 0.05) is 5.56 Å². The average molecular weight is 285 g/mol. The van der Waals surface area contributed by atoms with E-state index in [1.165, 1.54) is 25.1 Å². The van der Waals surface area contributed by atoms with Crippen molar-refractivity contribution in [3.05, 3.63) is 41.1 Å². The number of rotatable bonds is 3. The summed E-state index contributed by atoms with van der Waals surface area (Å²) < 4.78 is 41.0. The van der Waals surface area contributed by atoms with Crippen LogP contribution >= 0.6 is 0 Å². The molecule has 8 heteroatoms. The zero-order valence-electron chi connectivity index (χ0n) is 10.3. The molecule has 106 valence electrons. The van der Waals surface area contributed by atoms with Gasteiger partial charge >= 0.3 is 6.36 Å². The molecule has 2 N–H and O–H groups in total. The van der Waals surface area contributed by atoms with Gasteiger partial charge in [-0.25, -0.2) is 0 Å². The lowest BCUT2D eigenvalue weighted by atomic mass is 9.99. The number of azo groups is 1. The van der Waals surface area contributed by atoms with Gasteiger partial charge in [0.05, 0.1) is 0 Å². The Balaban J connectivity index is 2.41. The number of halogens is 3. The van der Waals surface area contributed by atoms with E-state index in [-0.39, 0.29) is 17.0 Å². The minimum absolute atomic E-state index is 0.0446. The molecule has 0 spiro atoms. The number of carbonyl (C=O) groups is 1. The first kappa shape index (κ1) is 14.0. The molecule has 0 radical (unpaired) electrons. The van der Waals surface area contributed by atoms with E-state index in [9.17, 15) is 18.0 Å². The highest BCUT2D eigenvalue weighted by Gasteiger charge is 2.34. The maximum atomic E-state index is 12.3. The summed E-state index contributed by atoms with van der Waals surface area (Å²) >= 11 is 0. The molecular weight excluding hydrogens is 275 g/mol. The van der Waals surface area contributed by atoms with Crippen molar-refractivity contribution in [2.75, 3.05) is 0 Å². The van der Waals surface area contributed by atoms with E-state index >= 15 is 0 Å². The quantitative estimate of drug-likeness (QED) is 0.926. The molecule has 0 saturated heterocycles. The molecule has 2 rings (SSSR count). The number of para-hydroxylation sites is 1. The minimum Gasteiger partial charge on any atom is -0.405 e. The van der Waals surface area contributed by atoms with Gasteiger partial charge in [-0.1, -0.05) is 18.2 Å². The SMILES string of the molecule is CC1=C(C(N)=O)N=NC1c1ccccc1OC(F)(F)F. The Bertz CT molecular complexity index is 608. The monoisotopic (exact) mass is 285 g/mol. The van der Waals surface area contributed by atoms with E-state index in [4.69, 9.17) is 5.73 Å². The summed E-state index contributed by atoms with van der Waals surface area (Å²) in [7, 11) is 0. The van der Waals surface area contributed by atoms with Crippen LogP contribution in [0.4, 0.5) is 13.2 Å². The largest absolute Gasteiger partial charge is 0.573 e. The molecule has 1 aliphatic heterocycles. The molecule has 1 amide bonds. The maximum absolute atomic E-state index is 12.3. The number of primary amides is 1. The zero-order valence-corrected chi connectivity index (χ0v) is 10.3. The molecule has 5 nitrogen and oxygen atoms in total. The Hall–Kier alpha value is -2.38.